The quantitative estimate of drug-likeness (QED) is 0.892. The van der Waals surface area contributed by atoms with Crippen molar-refractivity contribution in [2.24, 2.45) is 17.8 Å². The lowest BCUT2D eigenvalue weighted by Crippen LogP contribution is -2.33. The maximum absolute atomic E-state index is 12.3. The van der Waals surface area contributed by atoms with Gasteiger partial charge in [0.25, 0.3) is 10.0 Å². The first-order valence-corrected chi connectivity index (χ1v) is 10.0. The van der Waals surface area contributed by atoms with Crippen LogP contribution in [0.15, 0.2) is 11.2 Å². The standard InChI is InChI=1S/C16H25N3O3S/c1-3-19-10-15(17-11(19)2)23(21,22)18-16(20)14-9-13(14)12-7-5-4-6-8-12/h10,12-14H,3-9H2,1-2H3,(H,18,20)/t13-,14+/m0/s1. The van der Waals surface area contributed by atoms with E-state index < -0.39 is 10.0 Å². The largest absolute Gasteiger partial charge is 0.334 e. The molecule has 0 spiro atoms. The highest BCUT2D eigenvalue weighted by molar-refractivity contribution is 7.90. The topological polar surface area (TPSA) is 81.1 Å². The number of aromatic nitrogens is 2. The Bertz CT molecular complexity index is 689. The second kappa shape index (κ2) is 6.26. The first-order valence-electron chi connectivity index (χ1n) is 8.53. The highest BCUT2D eigenvalue weighted by Gasteiger charge is 2.48. The fourth-order valence-corrected chi connectivity index (χ4v) is 4.83. The molecule has 3 rings (SSSR count). The third-order valence-electron chi connectivity index (χ3n) is 5.24. The molecule has 2 atom stereocenters. The fourth-order valence-electron chi connectivity index (χ4n) is 3.79. The van der Waals surface area contributed by atoms with Crippen molar-refractivity contribution >= 4 is 15.9 Å². The summed E-state index contributed by atoms with van der Waals surface area (Å²) < 4.78 is 28.6. The molecule has 1 amide bonds. The summed E-state index contributed by atoms with van der Waals surface area (Å²) in [4.78, 5) is 16.3. The molecule has 0 unspecified atom stereocenters. The van der Waals surface area contributed by atoms with Crippen LogP contribution >= 0.6 is 0 Å². The van der Waals surface area contributed by atoms with E-state index in [4.69, 9.17) is 0 Å². The highest BCUT2D eigenvalue weighted by atomic mass is 32.2. The number of carbonyl (C=O) groups is 1. The van der Waals surface area contributed by atoms with Gasteiger partial charge in [0.2, 0.25) is 5.91 Å². The van der Waals surface area contributed by atoms with E-state index in [0.717, 1.165) is 6.42 Å². The molecule has 128 valence electrons. The van der Waals surface area contributed by atoms with Crippen molar-refractivity contribution in [3.8, 4) is 0 Å². The lowest BCUT2D eigenvalue weighted by Gasteiger charge is -2.21. The Labute approximate surface area is 137 Å². The van der Waals surface area contributed by atoms with Gasteiger partial charge in [-0.05, 0) is 32.1 Å². The lowest BCUT2D eigenvalue weighted by molar-refractivity contribution is -0.121. The minimum absolute atomic E-state index is 0.0694. The summed E-state index contributed by atoms with van der Waals surface area (Å²) in [6, 6.07) is 0. The Balaban J connectivity index is 1.63. The molecule has 7 heteroatoms. The Morgan fingerprint density at radius 1 is 1.35 bits per heavy atom. The summed E-state index contributed by atoms with van der Waals surface area (Å²) >= 11 is 0. The molecule has 1 heterocycles. The number of aryl methyl sites for hydroxylation is 2. The van der Waals surface area contributed by atoms with Gasteiger partial charge in [0.1, 0.15) is 5.82 Å². The van der Waals surface area contributed by atoms with Crippen molar-refractivity contribution in [1.29, 1.82) is 0 Å². The zero-order valence-electron chi connectivity index (χ0n) is 13.8. The molecule has 0 saturated heterocycles. The number of hydrogen-bond donors (Lipinski definition) is 1. The molecule has 2 aliphatic carbocycles. The zero-order chi connectivity index (χ0) is 16.6. The van der Waals surface area contributed by atoms with E-state index in [1.807, 2.05) is 6.92 Å². The van der Waals surface area contributed by atoms with Gasteiger partial charge in [0.05, 0.1) is 0 Å². The molecule has 23 heavy (non-hydrogen) atoms. The van der Waals surface area contributed by atoms with E-state index in [0.29, 0.717) is 24.2 Å². The molecule has 0 aliphatic heterocycles. The number of sulfonamides is 1. The van der Waals surface area contributed by atoms with Crippen LogP contribution in [0.2, 0.25) is 0 Å². The van der Waals surface area contributed by atoms with E-state index in [-0.39, 0.29) is 16.9 Å². The molecule has 2 saturated carbocycles. The van der Waals surface area contributed by atoms with Gasteiger partial charge in [-0.15, -0.1) is 0 Å². The molecule has 0 aromatic carbocycles. The Morgan fingerprint density at radius 2 is 2.04 bits per heavy atom. The van der Waals surface area contributed by atoms with Crippen LogP contribution in [0.4, 0.5) is 0 Å². The Hall–Kier alpha value is -1.37. The molecule has 6 nitrogen and oxygen atoms in total. The van der Waals surface area contributed by atoms with Crippen LogP contribution in [-0.2, 0) is 21.4 Å². The lowest BCUT2D eigenvalue weighted by atomic mass is 9.85. The van der Waals surface area contributed by atoms with Crippen molar-refractivity contribution in [2.45, 2.75) is 63.9 Å². The van der Waals surface area contributed by atoms with Crippen molar-refractivity contribution in [3.63, 3.8) is 0 Å². The maximum Gasteiger partial charge on any atom is 0.283 e. The van der Waals surface area contributed by atoms with Gasteiger partial charge in [-0.25, -0.2) is 9.71 Å². The predicted molar refractivity (Wildman–Crippen MR) is 86.1 cm³/mol. The van der Waals surface area contributed by atoms with Crippen LogP contribution in [-0.4, -0.2) is 23.9 Å². The monoisotopic (exact) mass is 339 g/mol. The molecule has 1 aromatic rings. The van der Waals surface area contributed by atoms with Crippen LogP contribution in [0.3, 0.4) is 0 Å². The normalized spacial score (nSPS) is 25.3. The first kappa shape index (κ1) is 16.5. The summed E-state index contributed by atoms with van der Waals surface area (Å²) in [6.45, 7) is 4.32. The predicted octanol–water partition coefficient (Wildman–Crippen LogP) is 2.23. The molecular formula is C16H25N3O3S. The summed E-state index contributed by atoms with van der Waals surface area (Å²) in [7, 11) is -3.86. The smallest absolute Gasteiger partial charge is 0.283 e. The van der Waals surface area contributed by atoms with E-state index in [9.17, 15) is 13.2 Å². The maximum atomic E-state index is 12.3. The number of amides is 1. The van der Waals surface area contributed by atoms with E-state index in [1.54, 1.807) is 11.5 Å². The highest BCUT2D eigenvalue weighted by Crippen LogP contribution is 2.49. The van der Waals surface area contributed by atoms with Crippen molar-refractivity contribution in [1.82, 2.24) is 14.3 Å². The third kappa shape index (κ3) is 3.44. The second-order valence-electron chi connectivity index (χ2n) is 6.79. The molecule has 0 radical (unpaired) electrons. The van der Waals surface area contributed by atoms with E-state index >= 15 is 0 Å². The Morgan fingerprint density at radius 3 is 2.65 bits per heavy atom. The minimum atomic E-state index is -3.86. The summed E-state index contributed by atoms with van der Waals surface area (Å²) in [5.41, 5.74) is 0. The van der Waals surface area contributed by atoms with Gasteiger partial charge >= 0.3 is 0 Å². The van der Waals surface area contributed by atoms with Gasteiger partial charge in [-0.3, -0.25) is 4.79 Å². The van der Waals surface area contributed by atoms with Crippen molar-refractivity contribution < 1.29 is 13.2 Å². The second-order valence-corrected chi connectivity index (χ2v) is 8.42. The SMILES string of the molecule is CCn1cc(S(=O)(=O)NC(=O)[C@@H]2C[C@H]2C2CCCCC2)nc1C. The van der Waals surface area contributed by atoms with Crippen LogP contribution in [0.25, 0.3) is 0 Å². The third-order valence-corrected chi connectivity index (χ3v) is 6.45. The number of rotatable bonds is 5. The van der Waals surface area contributed by atoms with Gasteiger partial charge in [-0.2, -0.15) is 8.42 Å². The molecule has 0 bridgehead atoms. The number of nitrogens with zero attached hydrogens (tertiary/aromatic N) is 2. The first-order chi connectivity index (χ1) is 10.9. The molecular weight excluding hydrogens is 314 g/mol. The number of hydrogen-bond acceptors (Lipinski definition) is 4. The van der Waals surface area contributed by atoms with Crippen LogP contribution in [0, 0.1) is 24.7 Å². The number of nitrogens with one attached hydrogen (secondary N) is 1. The molecule has 2 aliphatic rings. The Kier molecular flexibility index (Phi) is 4.49. The summed E-state index contributed by atoms with van der Waals surface area (Å²) in [6.07, 6.45) is 8.43. The van der Waals surface area contributed by atoms with E-state index in [2.05, 4.69) is 9.71 Å². The number of imidazole rings is 1. The minimum Gasteiger partial charge on any atom is -0.334 e. The average molecular weight is 339 g/mol. The molecule has 1 aromatic heterocycles. The van der Waals surface area contributed by atoms with E-state index in [1.165, 1.54) is 38.3 Å². The van der Waals surface area contributed by atoms with Gasteiger partial charge in [-0.1, -0.05) is 32.1 Å². The fraction of sp³-hybridized carbons (Fsp3) is 0.750. The van der Waals surface area contributed by atoms with Crippen LogP contribution in [0.5, 0.6) is 0 Å². The average Bonchev–Trinajstić information content (AvgIpc) is 3.24. The molecule has 2 fully saturated rings. The van der Waals surface area contributed by atoms with Crippen molar-refractivity contribution in [3.05, 3.63) is 12.0 Å². The van der Waals surface area contributed by atoms with Crippen LogP contribution < -0.4 is 4.72 Å². The van der Waals surface area contributed by atoms with Gasteiger partial charge < -0.3 is 4.57 Å². The summed E-state index contributed by atoms with van der Waals surface area (Å²) in [5, 5.41) is -0.0694. The zero-order valence-corrected chi connectivity index (χ0v) is 14.6. The van der Waals surface area contributed by atoms with Gasteiger partial charge in [0, 0.05) is 18.7 Å². The van der Waals surface area contributed by atoms with Crippen LogP contribution in [0.1, 0.15) is 51.3 Å². The summed E-state index contributed by atoms with van der Waals surface area (Å²) in [5.74, 6) is 1.11. The van der Waals surface area contributed by atoms with Crippen molar-refractivity contribution in [2.75, 3.05) is 0 Å². The van der Waals surface area contributed by atoms with Gasteiger partial charge in [0.15, 0.2) is 5.03 Å². The number of carbonyl (C=O) groups excluding carboxylic acids is 1. The molecule has 1 N–H and O–H groups in total.